The van der Waals surface area contributed by atoms with Crippen LogP contribution < -0.4 is 10.5 Å². The molecule has 96 valence electrons. The summed E-state index contributed by atoms with van der Waals surface area (Å²) in [6.45, 7) is 0. The van der Waals surface area contributed by atoms with Crippen molar-refractivity contribution in [3.63, 3.8) is 0 Å². The molecule has 0 radical (unpaired) electrons. The number of rotatable bonds is 5. The van der Waals surface area contributed by atoms with Crippen molar-refractivity contribution >= 4 is 27.3 Å². The molecular formula is C14H16BrNOS. The first-order valence-electron chi connectivity index (χ1n) is 5.78. The average Bonchev–Trinajstić information content (AvgIpc) is 2.82. The molecule has 18 heavy (non-hydrogen) atoms. The summed E-state index contributed by atoms with van der Waals surface area (Å²) in [7, 11) is 1.67. The van der Waals surface area contributed by atoms with E-state index in [4.69, 9.17) is 10.5 Å². The second-order valence-corrected chi connectivity index (χ2v) is 5.90. The van der Waals surface area contributed by atoms with E-state index in [1.807, 2.05) is 6.07 Å². The monoisotopic (exact) mass is 325 g/mol. The molecular weight excluding hydrogens is 310 g/mol. The topological polar surface area (TPSA) is 35.2 Å². The first kappa shape index (κ1) is 13.6. The lowest BCUT2D eigenvalue weighted by Gasteiger charge is -2.12. The number of ether oxygens (including phenoxy) is 1. The average molecular weight is 326 g/mol. The van der Waals surface area contributed by atoms with E-state index in [0.717, 1.165) is 23.1 Å². The maximum Gasteiger partial charge on any atom is 0.133 e. The van der Waals surface area contributed by atoms with Crippen molar-refractivity contribution in [3.05, 3.63) is 50.6 Å². The third-order valence-electron chi connectivity index (χ3n) is 2.79. The van der Waals surface area contributed by atoms with Crippen LogP contribution in [0.25, 0.3) is 0 Å². The molecule has 2 nitrogen and oxygen atoms in total. The van der Waals surface area contributed by atoms with Gasteiger partial charge in [-0.15, -0.1) is 0 Å². The minimum atomic E-state index is 0.153. The molecule has 0 saturated heterocycles. The smallest absolute Gasteiger partial charge is 0.133 e. The Morgan fingerprint density at radius 3 is 2.67 bits per heavy atom. The molecule has 0 amide bonds. The number of nitrogens with two attached hydrogens (primary N) is 1. The summed E-state index contributed by atoms with van der Waals surface area (Å²) in [5.41, 5.74) is 8.72. The van der Waals surface area contributed by atoms with Gasteiger partial charge >= 0.3 is 0 Å². The van der Waals surface area contributed by atoms with Gasteiger partial charge in [-0.3, -0.25) is 0 Å². The standard InChI is InChI=1S/C14H16BrNOS/c1-17-14-3-2-10(8-13(14)15)6-12(16)7-11-4-5-18-9-11/h2-5,8-9,12H,6-7,16H2,1H3. The minimum absolute atomic E-state index is 0.153. The van der Waals surface area contributed by atoms with Crippen molar-refractivity contribution in [3.8, 4) is 5.75 Å². The van der Waals surface area contributed by atoms with Crippen LogP contribution in [-0.2, 0) is 12.8 Å². The van der Waals surface area contributed by atoms with Crippen LogP contribution in [0.15, 0.2) is 39.5 Å². The fourth-order valence-corrected chi connectivity index (χ4v) is 3.19. The van der Waals surface area contributed by atoms with E-state index in [1.54, 1.807) is 18.4 Å². The zero-order chi connectivity index (χ0) is 13.0. The molecule has 1 aromatic heterocycles. The number of halogens is 1. The quantitative estimate of drug-likeness (QED) is 0.911. The van der Waals surface area contributed by atoms with Crippen LogP contribution in [0, 0.1) is 0 Å². The van der Waals surface area contributed by atoms with Gasteiger partial charge in [0.2, 0.25) is 0 Å². The molecule has 0 saturated carbocycles. The Bertz CT molecular complexity index is 499. The van der Waals surface area contributed by atoms with Crippen LogP contribution >= 0.6 is 27.3 Å². The first-order chi connectivity index (χ1) is 8.69. The summed E-state index contributed by atoms with van der Waals surface area (Å²) in [6, 6.07) is 8.40. The first-order valence-corrected chi connectivity index (χ1v) is 7.51. The second-order valence-electron chi connectivity index (χ2n) is 4.27. The summed E-state index contributed by atoms with van der Waals surface area (Å²) in [5, 5.41) is 4.25. The highest BCUT2D eigenvalue weighted by atomic mass is 79.9. The van der Waals surface area contributed by atoms with Crippen molar-refractivity contribution in [2.45, 2.75) is 18.9 Å². The van der Waals surface area contributed by atoms with Gasteiger partial charge in [-0.05, 0) is 68.9 Å². The van der Waals surface area contributed by atoms with E-state index < -0.39 is 0 Å². The van der Waals surface area contributed by atoms with Crippen molar-refractivity contribution in [1.29, 1.82) is 0 Å². The SMILES string of the molecule is COc1ccc(CC(N)Cc2ccsc2)cc1Br. The highest BCUT2D eigenvalue weighted by Crippen LogP contribution is 2.26. The van der Waals surface area contributed by atoms with Crippen LogP contribution in [0.3, 0.4) is 0 Å². The van der Waals surface area contributed by atoms with E-state index >= 15 is 0 Å². The number of thiophene rings is 1. The fourth-order valence-electron chi connectivity index (χ4n) is 1.92. The Hall–Kier alpha value is -0.840. The van der Waals surface area contributed by atoms with Gasteiger partial charge in [-0.2, -0.15) is 11.3 Å². The summed E-state index contributed by atoms with van der Waals surface area (Å²) in [6.07, 6.45) is 1.80. The lowest BCUT2D eigenvalue weighted by Crippen LogP contribution is -2.25. The van der Waals surface area contributed by atoms with Gasteiger partial charge in [-0.25, -0.2) is 0 Å². The number of hydrogen-bond acceptors (Lipinski definition) is 3. The van der Waals surface area contributed by atoms with Crippen molar-refractivity contribution in [2.24, 2.45) is 5.73 Å². The lowest BCUT2D eigenvalue weighted by molar-refractivity contribution is 0.412. The van der Waals surface area contributed by atoms with Crippen LogP contribution in [0.2, 0.25) is 0 Å². The molecule has 1 aromatic carbocycles. The molecule has 1 unspecified atom stereocenters. The van der Waals surface area contributed by atoms with E-state index in [-0.39, 0.29) is 6.04 Å². The summed E-state index contributed by atoms with van der Waals surface area (Å²) >= 11 is 5.21. The predicted molar refractivity (Wildman–Crippen MR) is 80.4 cm³/mol. The molecule has 1 heterocycles. The van der Waals surface area contributed by atoms with Gasteiger partial charge in [0, 0.05) is 6.04 Å². The molecule has 0 aliphatic rings. The number of methoxy groups -OCH3 is 1. The van der Waals surface area contributed by atoms with E-state index in [9.17, 15) is 0 Å². The third kappa shape index (κ3) is 3.57. The van der Waals surface area contributed by atoms with Gasteiger partial charge in [0.05, 0.1) is 11.6 Å². The van der Waals surface area contributed by atoms with E-state index in [1.165, 1.54) is 11.1 Å². The van der Waals surface area contributed by atoms with Crippen molar-refractivity contribution in [1.82, 2.24) is 0 Å². The molecule has 0 spiro atoms. The van der Waals surface area contributed by atoms with Crippen LogP contribution in [0.1, 0.15) is 11.1 Å². The normalized spacial score (nSPS) is 12.4. The molecule has 2 aromatic rings. The molecule has 1 atom stereocenters. The number of benzene rings is 1. The number of hydrogen-bond donors (Lipinski definition) is 1. The van der Waals surface area contributed by atoms with Crippen LogP contribution in [-0.4, -0.2) is 13.2 Å². The zero-order valence-corrected chi connectivity index (χ0v) is 12.6. The summed E-state index contributed by atoms with van der Waals surface area (Å²) in [4.78, 5) is 0. The Morgan fingerprint density at radius 1 is 1.28 bits per heavy atom. The van der Waals surface area contributed by atoms with E-state index in [2.05, 4.69) is 44.9 Å². The Balaban J connectivity index is 1.98. The third-order valence-corrected chi connectivity index (χ3v) is 4.14. The molecule has 0 bridgehead atoms. The molecule has 2 rings (SSSR count). The van der Waals surface area contributed by atoms with Gasteiger partial charge in [0.25, 0.3) is 0 Å². The lowest BCUT2D eigenvalue weighted by atomic mass is 10.0. The highest BCUT2D eigenvalue weighted by Gasteiger charge is 2.08. The molecule has 0 fully saturated rings. The van der Waals surface area contributed by atoms with E-state index in [0.29, 0.717) is 0 Å². The van der Waals surface area contributed by atoms with Gasteiger partial charge < -0.3 is 10.5 Å². The van der Waals surface area contributed by atoms with Gasteiger partial charge in [0.1, 0.15) is 5.75 Å². The minimum Gasteiger partial charge on any atom is -0.496 e. The second kappa shape index (κ2) is 6.36. The largest absolute Gasteiger partial charge is 0.496 e. The Kier molecular flexibility index (Phi) is 4.80. The molecule has 0 aliphatic heterocycles. The Labute approximate surface area is 120 Å². The Morgan fingerprint density at radius 2 is 2.06 bits per heavy atom. The zero-order valence-electron chi connectivity index (χ0n) is 10.2. The fraction of sp³-hybridized carbons (Fsp3) is 0.286. The van der Waals surface area contributed by atoms with Gasteiger partial charge in [0.15, 0.2) is 0 Å². The molecule has 4 heteroatoms. The van der Waals surface area contributed by atoms with Crippen molar-refractivity contribution in [2.75, 3.05) is 7.11 Å². The van der Waals surface area contributed by atoms with Crippen LogP contribution in [0.4, 0.5) is 0 Å². The van der Waals surface area contributed by atoms with Gasteiger partial charge in [-0.1, -0.05) is 6.07 Å². The molecule has 0 aliphatic carbocycles. The summed E-state index contributed by atoms with van der Waals surface area (Å²) in [5.74, 6) is 0.852. The van der Waals surface area contributed by atoms with Crippen molar-refractivity contribution < 1.29 is 4.74 Å². The van der Waals surface area contributed by atoms with Crippen LogP contribution in [0.5, 0.6) is 5.75 Å². The molecule has 2 N–H and O–H groups in total. The highest BCUT2D eigenvalue weighted by molar-refractivity contribution is 9.10. The summed E-state index contributed by atoms with van der Waals surface area (Å²) < 4.78 is 6.19. The maximum atomic E-state index is 6.18. The predicted octanol–water partition coefficient (Wildman–Crippen LogP) is 3.63. The maximum absolute atomic E-state index is 6.18.